The number of hydrogen-bond acceptors (Lipinski definition) is 5. The number of esters is 1. The third-order valence-electron chi connectivity index (χ3n) is 4.15. The fourth-order valence-corrected chi connectivity index (χ4v) is 4.05. The molecule has 0 heterocycles. The van der Waals surface area contributed by atoms with Crippen molar-refractivity contribution in [2.45, 2.75) is 37.5 Å². The number of unbranched alkanes of at least 4 members (excludes halogenated alkanes) is 1. The van der Waals surface area contributed by atoms with Gasteiger partial charge in [0.25, 0.3) is 0 Å². The van der Waals surface area contributed by atoms with Crippen LogP contribution in [0.25, 0.3) is 0 Å². The van der Waals surface area contributed by atoms with Crippen LogP contribution in [0.3, 0.4) is 0 Å². The highest BCUT2D eigenvalue weighted by atomic mass is 32.2. The Balaban J connectivity index is 1.80. The third-order valence-corrected chi connectivity index (χ3v) is 5.96. The lowest BCUT2D eigenvalue weighted by Gasteiger charge is -2.06. The van der Waals surface area contributed by atoms with Crippen molar-refractivity contribution in [2.24, 2.45) is 0 Å². The molecular weight excluding hydrogens is 362 g/mol. The molecule has 5 nitrogen and oxygen atoms in total. The number of aryl methyl sites for hydroxylation is 1. The topological polar surface area (TPSA) is 84.2 Å². The van der Waals surface area contributed by atoms with Gasteiger partial charge in [-0.05, 0) is 61.6 Å². The zero-order chi connectivity index (χ0) is 19.7. The fraction of sp³-hybridized carbons (Fsp3) is 0.333. The first-order chi connectivity index (χ1) is 12.9. The fourth-order valence-electron chi connectivity index (χ4n) is 2.68. The zero-order valence-electron chi connectivity index (χ0n) is 15.3. The Bertz CT molecular complexity index is 895. The van der Waals surface area contributed by atoms with Gasteiger partial charge in [-0.2, -0.15) is 5.26 Å². The van der Waals surface area contributed by atoms with Crippen molar-refractivity contribution in [2.75, 3.05) is 12.4 Å². The molecule has 142 valence electrons. The second kappa shape index (κ2) is 9.89. The Morgan fingerprint density at radius 2 is 1.63 bits per heavy atom. The lowest BCUT2D eigenvalue weighted by molar-refractivity contribution is -0.142. The van der Waals surface area contributed by atoms with Crippen molar-refractivity contribution < 1.29 is 17.9 Å². The summed E-state index contributed by atoms with van der Waals surface area (Å²) < 4.78 is 29.6. The predicted octanol–water partition coefficient (Wildman–Crippen LogP) is 3.46. The number of ether oxygens (including phenoxy) is 1. The summed E-state index contributed by atoms with van der Waals surface area (Å²) in [5, 5.41) is 8.77. The van der Waals surface area contributed by atoms with E-state index in [2.05, 4.69) is 0 Å². The van der Waals surface area contributed by atoms with Gasteiger partial charge < -0.3 is 4.74 Å². The van der Waals surface area contributed by atoms with Crippen molar-refractivity contribution in [3.8, 4) is 6.07 Å². The maximum atomic E-state index is 12.3. The number of nitriles is 1. The molecule has 0 N–H and O–H groups in total. The van der Waals surface area contributed by atoms with Gasteiger partial charge in [-0.1, -0.05) is 24.3 Å². The molecule has 0 aliphatic carbocycles. The Kier molecular flexibility index (Phi) is 7.56. The average Bonchev–Trinajstić information content (AvgIpc) is 2.67. The van der Waals surface area contributed by atoms with Crippen molar-refractivity contribution in [3.05, 3.63) is 65.2 Å². The molecule has 2 aromatic rings. The summed E-state index contributed by atoms with van der Waals surface area (Å²) in [6.07, 6.45) is 2.36. The summed E-state index contributed by atoms with van der Waals surface area (Å²) in [4.78, 5) is 11.7. The van der Waals surface area contributed by atoms with Crippen LogP contribution in [0.2, 0.25) is 0 Å². The molecule has 0 aliphatic heterocycles. The number of rotatable bonds is 9. The third kappa shape index (κ3) is 6.54. The first-order valence-electron chi connectivity index (χ1n) is 8.91. The van der Waals surface area contributed by atoms with Gasteiger partial charge in [0.1, 0.15) is 0 Å². The van der Waals surface area contributed by atoms with Crippen molar-refractivity contribution in [1.29, 1.82) is 5.26 Å². The first-order valence-corrected chi connectivity index (χ1v) is 10.6. The Labute approximate surface area is 160 Å². The molecule has 0 aliphatic rings. The van der Waals surface area contributed by atoms with E-state index >= 15 is 0 Å². The molecule has 0 amide bonds. The minimum atomic E-state index is -3.33. The number of carbonyl (C=O) groups is 1. The van der Waals surface area contributed by atoms with Crippen LogP contribution in [-0.2, 0) is 32.2 Å². The van der Waals surface area contributed by atoms with E-state index in [-0.39, 0.29) is 23.0 Å². The van der Waals surface area contributed by atoms with Crippen molar-refractivity contribution >= 4 is 15.8 Å². The molecule has 0 spiro atoms. The van der Waals surface area contributed by atoms with Gasteiger partial charge in [0.05, 0.1) is 35.3 Å². The van der Waals surface area contributed by atoms with E-state index in [1.165, 1.54) is 24.3 Å². The van der Waals surface area contributed by atoms with E-state index in [9.17, 15) is 13.2 Å². The predicted molar refractivity (Wildman–Crippen MR) is 103 cm³/mol. The van der Waals surface area contributed by atoms with Gasteiger partial charge in [0, 0.05) is 0 Å². The van der Waals surface area contributed by atoms with Gasteiger partial charge >= 0.3 is 5.97 Å². The SMILES string of the molecule is CCOC(=O)Cc1ccc(CCCCS(=O)(=O)c2ccc(C#N)cc2)cc1. The monoisotopic (exact) mass is 385 g/mol. The normalized spacial score (nSPS) is 11.0. The van der Waals surface area contributed by atoms with E-state index in [0.717, 1.165) is 24.0 Å². The average molecular weight is 385 g/mol. The van der Waals surface area contributed by atoms with Crippen LogP contribution in [-0.4, -0.2) is 26.7 Å². The molecule has 2 aromatic carbocycles. The maximum absolute atomic E-state index is 12.3. The van der Waals surface area contributed by atoms with Gasteiger partial charge in [0.2, 0.25) is 0 Å². The summed E-state index contributed by atoms with van der Waals surface area (Å²) in [5.41, 5.74) is 2.46. The van der Waals surface area contributed by atoms with E-state index in [1.54, 1.807) is 6.92 Å². The number of carbonyl (C=O) groups excluding carboxylic acids is 1. The molecule has 2 rings (SSSR count). The summed E-state index contributed by atoms with van der Waals surface area (Å²) in [6, 6.07) is 15.7. The number of nitrogens with zero attached hydrogens (tertiary/aromatic N) is 1. The lowest BCUT2D eigenvalue weighted by Crippen LogP contribution is -2.07. The highest BCUT2D eigenvalue weighted by Gasteiger charge is 2.13. The first kappa shape index (κ1) is 20.7. The summed E-state index contributed by atoms with van der Waals surface area (Å²) in [5.74, 6) is -0.155. The molecule has 0 saturated carbocycles. The second-order valence-corrected chi connectivity index (χ2v) is 8.32. The van der Waals surface area contributed by atoms with Crippen LogP contribution in [0.1, 0.15) is 36.5 Å². The summed E-state index contributed by atoms with van der Waals surface area (Å²) in [7, 11) is -3.33. The minimum absolute atomic E-state index is 0.0832. The van der Waals surface area contributed by atoms with E-state index in [1.807, 2.05) is 30.3 Å². The molecule has 0 unspecified atom stereocenters. The van der Waals surface area contributed by atoms with Crippen LogP contribution < -0.4 is 0 Å². The molecular formula is C21H23NO4S. The molecule has 27 heavy (non-hydrogen) atoms. The zero-order valence-corrected chi connectivity index (χ0v) is 16.2. The van der Waals surface area contributed by atoms with Crippen molar-refractivity contribution in [3.63, 3.8) is 0 Å². The number of hydrogen-bond donors (Lipinski definition) is 0. The Morgan fingerprint density at radius 1 is 1.00 bits per heavy atom. The van der Waals surface area contributed by atoms with Crippen LogP contribution in [0, 0.1) is 11.3 Å². The Morgan fingerprint density at radius 3 is 2.22 bits per heavy atom. The summed E-state index contributed by atoms with van der Waals surface area (Å²) >= 11 is 0. The van der Waals surface area contributed by atoms with Crippen LogP contribution in [0.5, 0.6) is 0 Å². The molecule has 6 heteroatoms. The van der Waals surface area contributed by atoms with Crippen molar-refractivity contribution in [1.82, 2.24) is 0 Å². The molecule has 0 fully saturated rings. The summed E-state index contributed by atoms with van der Waals surface area (Å²) in [6.45, 7) is 2.16. The van der Waals surface area contributed by atoms with E-state index < -0.39 is 9.84 Å². The largest absolute Gasteiger partial charge is 0.466 e. The quantitative estimate of drug-likeness (QED) is 0.487. The minimum Gasteiger partial charge on any atom is -0.466 e. The highest BCUT2D eigenvalue weighted by molar-refractivity contribution is 7.91. The van der Waals surface area contributed by atoms with Crippen LogP contribution in [0.15, 0.2) is 53.4 Å². The molecule has 0 atom stereocenters. The van der Waals surface area contributed by atoms with Crippen LogP contribution >= 0.6 is 0 Å². The molecule has 0 bridgehead atoms. The number of benzene rings is 2. The van der Waals surface area contributed by atoms with Gasteiger partial charge in [-0.25, -0.2) is 8.42 Å². The maximum Gasteiger partial charge on any atom is 0.310 e. The van der Waals surface area contributed by atoms with Gasteiger partial charge in [0.15, 0.2) is 9.84 Å². The molecule has 0 radical (unpaired) electrons. The van der Waals surface area contributed by atoms with E-state index in [0.29, 0.717) is 18.6 Å². The smallest absolute Gasteiger partial charge is 0.310 e. The molecule has 0 saturated heterocycles. The lowest BCUT2D eigenvalue weighted by atomic mass is 10.1. The highest BCUT2D eigenvalue weighted by Crippen LogP contribution is 2.15. The number of sulfone groups is 1. The van der Waals surface area contributed by atoms with E-state index in [4.69, 9.17) is 10.00 Å². The standard InChI is InChI=1S/C21H23NO4S/c1-2-26-21(23)15-18-8-6-17(7-9-18)5-3-4-14-27(24,25)20-12-10-19(16-22)11-13-20/h6-13H,2-5,14-15H2,1H3. The van der Waals surface area contributed by atoms with Gasteiger partial charge in [-0.3, -0.25) is 4.79 Å². The molecule has 0 aromatic heterocycles. The van der Waals surface area contributed by atoms with Gasteiger partial charge in [-0.15, -0.1) is 0 Å². The second-order valence-electron chi connectivity index (χ2n) is 6.21. The Hall–Kier alpha value is -2.65. The van der Waals surface area contributed by atoms with Crippen LogP contribution in [0.4, 0.5) is 0 Å².